The highest BCUT2D eigenvalue weighted by Gasteiger charge is 2.15. The molecule has 0 amide bonds. The second kappa shape index (κ2) is 6.90. The molecule has 0 fully saturated rings. The van der Waals surface area contributed by atoms with E-state index in [2.05, 4.69) is 46.1 Å². The normalized spacial score (nSPS) is 11.5. The molecule has 0 unspecified atom stereocenters. The second-order valence-electron chi connectivity index (χ2n) is 6.48. The van der Waals surface area contributed by atoms with Crippen LogP contribution >= 0.6 is 11.3 Å². The Hall–Kier alpha value is -2.70. The van der Waals surface area contributed by atoms with Gasteiger partial charge in [-0.1, -0.05) is 29.8 Å². The average molecular weight is 365 g/mol. The van der Waals surface area contributed by atoms with Crippen LogP contribution in [0.25, 0.3) is 21.5 Å². The molecule has 0 aliphatic rings. The number of hydrogen-bond donors (Lipinski definition) is 1. The van der Waals surface area contributed by atoms with Crippen molar-refractivity contribution < 1.29 is 4.42 Å². The molecule has 0 atom stereocenters. The first-order valence-electron chi connectivity index (χ1n) is 8.38. The molecule has 5 nitrogen and oxygen atoms in total. The van der Waals surface area contributed by atoms with E-state index in [-0.39, 0.29) is 5.56 Å². The number of H-pyrrole nitrogens is 1. The summed E-state index contributed by atoms with van der Waals surface area (Å²) < 4.78 is 5.43. The number of fused-ring (bicyclic) bond motifs is 1. The molecule has 1 aromatic carbocycles. The fourth-order valence-electron chi connectivity index (χ4n) is 3.00. The maximum absolute atomic E-state index is 12.6. The van der Waals surface area contributed by atoms with Gasteiger partial charge in [-0.15, -0.1) is 11.3 Å². The van der Waals surface area contributed by atoms with Crippen molar-refractivity contribution in [1.82, 2.24) is 14.9 Å². The molecule has 6 heteroatoms. The van der Waals surface area contributed by atoms with E-state index in [1.807, 2.05) is 24.6 Å². The molecule has 1 N–H and O–H groups in total. The molecule has 0 aliphatic heterocycles. The molecular formula is C20H19N3O2S. The third-order valence-corrected chi connectivity index (χ3v) is 5.14. The van der Waals surface area contributed by atoms with Gasteiger partial charge in [0.15, 0.2) is 0 Å². The van der Waals surface area contributed by atoms with Crippen molar-refractivity contribution in [3.8, 4) is 11.3 Å². The Morgan fingerprint density at radius 3 is 2.73 bits per heavy atom. The van der Waals surface area contributed by atoms with Crippen molar-refractivity contribution in [2.24, 2.45) is 0 Å². The van der Waals surface area contributed by atoms with Crippen molar-refractivity contribution in [3.05, 3.63) is 75.3 Å². The van der Waals surface area contributed by atoms with E-state index in [0.29, 0.717) is 23.5 Å². The zero-order chi connectivity index (χ0) is 18.1. The second-order valence-corrected chi connectivity index (χ2v) is 7.34. The Morgan fingerprint density at radius 1 is 1.19 bits per heavy atom. The first-order valence-corrected chi connectivity index (χ1v) is 9.26. The summed E-state index contributed by atoms with van der Waals surface area (Å²) in [4.78, 5) is 23.0. The highest BCUT2D eigenvalue weighted by atomic mass is 32.1. The van der Waals surface area contributed by atoms with Gasteiger partial charge in [-0.2, -0.15) is 0 Å². The summed E-state index contributed by atoms with van der Waals surface area (Å²) in [5.74, 6) is 1.36. The van der Waals surface area contributed by atoms with Crippen molar-refractivity contribution in [3.63, 3.8) is 0 Å². The molecule has 3 heterocycles. The summed E-state index contributed by atoms with van der Waals surface area (Å²) in [5, 5.41) is 2.51. The number of furan rings is 1. The van der Waals surface area contributed by atoms with Gasteiger partial charge in [-0.3, -0.25) is 9.69 Å². The average Bonchev–Trinajstić information content (AvgIpc) is 3.26. The number of aromatic nitrogens is 2. The van der Waals surface area contributed by atoms with Crippen molar-refractivity contribution in [1.29, 1.82) is 0 Å². The lowest BCUT2D eigenvalue weighted by Crippen LogP contribution is -2.21. The standard InChI is InChI=1S/C20H19N3O2S/c1-13-5-7-14(8-6-13)10-23(2)11-17-21-19(24)18-15(12-26-20(18)22-17)16-4-3-9-25-16/h3-9,12H,10-11H2,1-2H3,(H,21,22,24). The van der Waals surface area contributed by atoms with Crippen LogP contribution in [0, 0.1) is 6.92 Å². The summed E-state index contributed by atoms with van der Waals surface area (Å²) in [7, 11) is 2.02. The van der Waals surface area contributed by atoms with Gasteiger partial charge in [0.1, 0.15) is 16.4 Å². The molecule has 0 spiro atoms. The molecule has 26 heavy (non-hydrogen) atoms. The summed E-state index contributed by atoms with van der Waals surface area (Å²) in [5.41, 5.74) is 3.15. The van der Waals surface area contributed by atoms with Gasteiger partial charge in [-0.25, -0.2) is 4.98 Å². The van der Waals surface area contributed by atoms with E-state index in [1.54, 1.807) is 6.26 Å². The minimum absolute atomic E-state index is 0.124. The van der Waals surface area contributed by atoms with E-state index >= 15 is 0 Å². The molecule has 0 saturated carbocycles. The van der Waals surface area contributed by atoms with Gasteiger partial charge >= 0.3 is 0 Å². The topological polar surface area (TPSA) is 62.1 Å². The van der Waals surface area contributed by atoms with Crippen LogP contribution in [0.15, 0.2) is 57.3 Å². The Kier molecular flexibility index (Phi) is 4.44. The van der Waals surface area contributed by atoms with Gasteiger partial charge in [0.2, 0.25) is 0 Å². The van der Waals surface area contributed by atoms with Crippen LogP contribution in [0.5, 0.6) is 0 Å². The lowest BCUT2D eigenvalue weighted by atomic mass is 10.1. The van der Waals surface area contributed by atoms with E-state index in [0.717, 1.165) is 16.9 Å². The molecule has 0 bridgehead atoms. The minimum Gasteiger partial charge on any atom is -0.464 e. The van der Waals surface area contributed by atoms with Gasteiger partial charge in [-0.05, 0) is 31.7 Å². The smallest absolute Gasteiger partial charge is 0.260 e. The van der Waals surface area contributed by atoms with Gasteiger partial charge < -0.3 is 9.40 Å². The maximum atomic E-state index is 12.6. The zero-order valence-corrected chi connectivity index (χ0v) is 15.5. The van der Waals surface area contributed by atoms with Gasteiger partial charge in [0.25, 0.3) is 5.56 Å². The fourth-order valence-corrected chi connectivity index (χ4v) is 3.95. The van der Waals surface area contributed by atoms with Gasteiger partial charge in [0.05, 0.1) is 18.2 Å². The third kappa shape index (κ3) is 3.34. The van der Waals surface area contributed by atoms with Crippen LogP contribution in [0.4, 0.5) is 0 Å². The molecule has 3 aromatic heterocycles. The molecule has 0 saturated heterocycles. The third-order valence-electron chi connectivity index (χ3n) is 4.27. The zero-order valence-electron chi connectivity index (χ0n) is 14.7. The molecule has 4 aromatic rings. The number of aromatic amines is 1. The first-order chi connectivity index (χ1) is 12.6. The van der Waals surface area contributed by atoms with E-state index in [9.17, 15) is 4.79 Å². The Balaban J connectivity index is 1.57. The molecular weight excluding hydrogens is 346 g/mol. The monoisotopic (exact) mass is 365 g/mol. The number of rotatable bonds is 5. The number of nitrogens with one attached hydrogen (secondary N) is 1. The Morgan fingerprint density at radius 2 is 2.00 bits per heavy atom. The van der Waals surface area contributed by atoms with Crippen LogP contribution in [0.1, 0.15) is 17.0 Å². The SMILES string of the molecule is Cc1ccc(CN(C)Cc2nc3scc(-c4ccco4)c3c(=O)[nH]2)cc1. The number of hydrogen-bond acceptors (Lipinski definition) is 5. The first kappa shape index (κ1) is 16.8. The van der Waals surface area contributed by atoms with Crippen molar-refractivity contribution >= 4 is 21.6 Å². The lowest BCUT2D eigenvalue weighted by Gasteiger charge is -2.16. The summed E-state index contributed by atoms with van der Waals surface area (Å²) >= 11 is 1.46. The molecule has 0 aliphatic carbocycles. The Bertz CT molecular complexity index is 1080. The number of nitrogens with zero attached hydrogens (tertiary/aromatic N) is 2. The molecule has 4 rings (SSSR count). The number of benzene rings is 1. The van der Waals surface area contributed by atoms with Gasteiger partial charge in [0, 0.05) is 17.5 Å². The van der Waals surface area contributed by atoms with Crippen LogP contribution in [-0.4, -0.2) is 21.9 Å². The number of thiophene rings is 1. The predicted octanol–water partition coefficient (Wildman–Crippen LogP) is 4.19. The van der Waals surface area contributed by atoms with Crippen molar-refractivity contribution in [2.45, 2.75) is 20.0 Å². The quantitative estimate of drug-likeness (QED) is 0.576. The molecule has 0 radical (unpaired) electrons. The van der Waals surface area contributed by atoms with Crippen LogP contribution in [-0.2, 0) is 13.1 Å². The van der Waals surface area contributed by atoms with E-state index < -0.39 is 0 Å². The minimum atomic E-state index is -0.124. The summed E-state index contributed by atoms with van der Waals surface area (Å²) in [6.45, 7) is 3.45. The maximum Gasteiger partial charge on any atom is 0.260 e. The highest BCUT2D eigenvalue weighted by molar-refractivity contribution is 7.17. The van der Waals surface area contributed by atoms with E-state index in [4.69, 9.17) is 4.42 Å². The van der Waals surface area contributed by atoms with Crippen LogP contribution < -0.4 is 5.56 Å². The predicted molar refractivity (Wildman–Crippen MR) is 104 cm³/mol. The molecule has 132 valence electrons. The summed E-state index contributed by atoms with van der Waals surface area (Å²) in [6.07, 6.45) is 1.61. The van der Waals surface area contributed by atoms with Crippen LogP contribution in [0.2, 0.25) is 0 Å². The lowest BCUT2D eigenvalue weighted by molar-refractivity contribution is 0.311. The van der Waals surface area contributed by atoms with E-state index in [1.165, 1.54) is 22.5 Å². The largest absolute Gasteiger partial charge is 0.464 e. The Labute approximate surface area is 154 Å². The highest BCUT2D eigenvalue weighted by Crippen LogP contribution is 2.30. The van der Waals surface area contributed by atoms with Crippen LogP contribution in [0.3, 0.4) is 0 Å². The number of aryl methyl sites for hydroxylation is 1. The summed E-state index contributed by atoms with van der Waals surface area (Å²) in [6, 6.07) is 12.1. The fraction of sp³-hybridized carbons (Fsp3) is 0.200. The van der Waals surface area contributed by atoms with Crippen molar-refractivity contribution in [2.75, 3.05) is 7.05 Å².